The van der Waals surface area contributed by atoms with Crippen LogP contribution in [0, 0.1) is 0 Å². The van der Waals surface area contributed by atoms with Gasteiger partial charge in [0.15, 0.2) is 0 Å². The summed E-state index contributed by atoms with van der Waals surface area (Å²) in [5.74, 6) is 0.744. The van der Waals surface area contributed by atoms with Gasteiger partial charge in [0.25, 0.3) is 0 Å². The molecule has 6 nitrogen and oxygen atoms in total. The predicted molar refractivity (Wildman–Crippen MR) is 104 cm³/mol. The van der Waals surface area contributed by atoms with Gasteiger partial charge in [0.05, 0.1) is 7.11 Å². The van der Waals surface area contributed by atoms with E-state index >= 15 is 0 Å². The predicted octanol–water partition coefficient (Wildman–Crippen LogP) is 3.80. The molecule has 0 atom stereocenters. The minimum atomic E-state index is -0.253. The van der Waals surface area contributed by atoms with Crippen LogP contribution >= 0.6 is 0 Å². The number of hydrogen-bond donors (Lipinski definition) is 3. The number of anilines is 2. The molecule has 0 aliphatic heterocycles. The molecule has 2 rings (SSSR count). The second kappa shape index (κ2) is 9.46. The summed E-state index contributed by atoms with van der Waals surface area (Å²) in [6, 6.07) is 14.5. The van der Waals surface area contributed by atoms with Gasteiger partial charge in [0, 0.05) is 23.8 Å². The Morgan fingerprint density at radius 1 is 0.923 bits per heavy atom. The number of hydrogen-bond acceptors (Lipinski definition) is 3. The zero-order chi connectivity index (χ0) is 18.9. The van der Waals surface area contributed by atoms with E-state index in [4.69, 9.17) is 4.74 Å². The van der Waals surface area contributed by atoms with Crippen molar-refractivity contribution < 1.29 is 14.3 Å². The molecular weight excluding hydrogens is 330 g/mol. The van der Waals surface area contributed by atoms with Crippen LogP contribution in [0.3, 0.4) is 0 Å². The third-order valence-electron chi connectivity index (χ3n) is 3.65. The number of methoxy groups -OCH3 is 1. The van der Waals surface area contributed by atoms with Crippen LogP contribution in [0.15, 0.2) is 48.5 Å². The van der Waals surface area contributed by atoms with Crippen LogP contribution in [0.4, 0.5) is 16.2 Å². The average molecular weight is 355 g/mol. The van der Waals surface area contributed by atoms with Gasteiger partial charge >= 0.3 is 6.03 Å². The van der Waals surface area contributed by atoms with E-state index in [1.807, 2.05) is 38.1 Å². The van der Waals surface area contributed by atoms with E-state index in [1.165, 1.54) is 0 Å². The first kappa shape index (κ1) is 19.3. The summed E-state index contributed by atoms with van der Waals surface area (Å²) in [6.07, 6.45) is 1.05. The molecule has 0 saturated heterocycles. The lowest BCUT2D eigenvalue weighted by Crippen LogP contribution is -2.34. The van der Waals surface area contributed by atoms with Crippen LogP contribution in [-0.2, 0) is 11.2 Å². The van der Waals surface area contributed by atoms with Crippen LogP contribution in [0.5, 0.6) is 5.75 Å². The highest BCUT2D eigenvalue weighted by Gasteiger charge is 2.06. The Labute approximate surface area is 153 Å². The zero-order valence-corrected chi connectivity index (χ0v) is 15.3. The molecule has 0 bridgehead atoms. The van der Waals surface area contributed by atoms with Crippen molar-refractivity contribution in [2.45, 2.75) is 32.7 Å². The molecule has 0 aromatic heterocycles. The van der Waals surface area contributed by atoms with Crippen molar-refractivity contribution in [3.8, 4) is 5.75 Å². The van der Waals surface area contributed by atoms with Crippen molar-refractivity contribution in [1.29, 1.82) is 0 Å². The van der Waals surface area contributed by atoms with Gasteiger partial charge in [0.2, 0.25) is 5.91 Å². The summed E-state index contributed by atoms with van der Waals surface area (Å²) in [5.41, 5.74) is 2.44. The molecule has 0 fully saturated rings. The number of carbonyl (C=O) groups is 2. The van der Waals surface area contributed by atoms with Crippen LogP contribution in [0.2, 0.25) is 0 Å². The Bertz CT molecular complexity index is 725. The second-order valence-corrected chi connectivity index (χ2v) is 6.23. The molecule has 0 radical (unpaired) electrons. The van der Waals surface area contributed by atoms with Gasteiger partial charge < -0.3 is 20.7 Å². The van der Waals surface area contributed by atoms with Crippen molar-refractivity contribution in [1.82, 2.24) is 5.32 Å². The van der Waals surface area contributed by atoms with Crippen LogP contribution in [0.1, 0.15) is 25.8 Å². The van der Waals surface area contributed by atoms with E-state index in [0.29, 0.717) is 24.2 Å². The maximum atomic E-state index is 12.1. The van der Waals surface area contributed by atoms with Gasteiger partial charge in [-0.3, -0.25) is 4.79 Å². The maximum Gasteiger partial charge on any atom is 0.319 e. The molecule has 0 saturated carbocycles. The van der Waals surface area contributed by atoms with E-state index < -0.39 is 0 Å². The SMILES string of the molecule is COc1ccc(CCC(=O)Nc2ccc(NC(=O)NC(C)C)cc2)cc1. The van der Waals surface area contributed by atoms with Gasteiger partial charge in [-0.15, -0.1) is 0 Å². The standard InChI is InChI=1S/C20H25N3O3/c1-14(2)21-20(25)23-17-9-7-16(8-10-17)22-19(24)13-6-15-4-11-18(26-3)12-5-15/h4-5,7-12,14H,6,13H2,1-3H3,(H,22,24)(H2,21,23,25). The summed E-state index contributed by atoms with van der Waals surface area (Å²) in [5, 5.41) is 8.34. The Balaban J connectivity index is 1.80. The van der Waals surface area contributed by atoms with E-state index in [0.717, 1.165) is 11.3 Å². The summed E-state index contributed by atoms with van der Waals surface area (Å²) in [6.45, 7) is 3.79. The van der Waals surface area contributed by atoms with Crippen molar-refractivity contribution >= 4 is 23.3 Å². The van der Waals surface area contributed by atoms with Gasteiger partial charge in [-0.2, -0.15) is 0 Å². The highest BCUT2D eigenvalue weighted by atomic mass is 16.5. The monoisotopic (exact) mass is 355 g/mol. The number of benzene rings is 2. The molecule has 0 aliphatic carbocycles. The van der Waals surface area contributed by atoms with E-state index in [9.17, 15) is 9.59 Å². The zero-order valence-electron chi connectivity index (χ0n) is 15.3. The lowest BCUT2D eigenvalue weighted by molar-refractivity contribution is -0.116. The number of urea groups is 1. The molecule has 0 heterocycles. The lowest BCUT2D eigenvalue weighted by atomic mass is 10.1. The first-order chi connectivity index (χ1) is 12.5. The highest BCUT2D eigenvalue weighted by Crippen LogP contribution is 2.15. The largest absolute Gasteiger partial charge is 0.497 e. The highest BCUT2D eigenvalue weighted by molar-refractivity contribution is 5.92. The maximum absolute atomic E-state index is 12.1. The van der Waals surface area contributed by atoms with Gasteiger partial charge in [-0.05, 0) is 62.2 Å². The Morgan fingerprint density at radius 2 is 1.50 bits per heavy atom. The van der Waals surface area contributed by atoms with Crippen LogP contribution < -0.4 is 20.7 Å². The molecule has 0 spiro atoms. The first-order valence-corrected chi connectivity index (χ1v) is 8.56. The molecule has 2 aromatic carbocycles. The first-order valence-electron chi connectivity index (χ1n) is 8.56. The molecule has 6 heteroatoms. The minimum Gasteiger partial charge on any atom is -0.497 e. The molecule has 3 amide bonds. The smallest absolute Gasteiger partial charge is 0.319 e. The van der Waals surface area contributed by atoms with E-state index in [2.05, 4.69) is 16.0 Å². The number of aryl methyl sites for hydroxylation is 1. The number of amides is 3. The van der Waals surface area contributed by atoms with E-state index in [1.54, 1.807) is 31.4 Å². The molecular formula is C20H25N3O3. The van der Waals surface area contributed by atoms with Gasteiger partial charge in [-0.1, -0.05) is 12.1 Å². The normalized spacial score (nSPS) is 10.3. The number of nitrogens with one attached hydrogen (secondary N) is 3. The van der Waals surface area contributed by atoms with Crippen molar-refractivity contribution in [2.75, 3.05) is 17.7 Å². The van der Waals surface area contributed by atoms with Crippen molar-refractivity contribution in [2.24, 2.45) is 0 Å². The van der Waals surface area contributed by atoms with Crippen LogP contribution in [0.25, 0.3) is 0 Å². The molecule has 138 valence electrons. The summed E-state index contributed by atoms with van der Waals surface area (Å²) in [7, 11) is 1.62. The third-order valence-corrected chi connectivity index (χ3v) is 3.65. The molecule has 2 aromatic rings. The van der Waals surface area contributed by atoms with Crippen molar-refractivity contribution in [3.63, 3.8) is 0 Å². The van der Waals surface area contributed by atoms with E-state index in [-0.39, 0.29) is 18.0 Å². The van der Waals surface area contributed by atoms with Gasteiger partial charge in [0.1, 0.15) is 5.75 Å². The lowest BCUT2D eigenvalue weighted by Gasteiger charge is -2.11. The van der Waals surface area contributed by atoms with Crippen molar-refractivity contribution in [3.05, 3.63) is 54.1 Å². The molecule has 0 aliphatic rings. The number of rotatable bonds is 7. The Morgan fingerprint density at radius 3 is 2.04 bits per heavy atom. The molecule has 26 heavy (non-hydrogen) atoms. The molecule has 3 N–H and O–H groups in total. The summed E-state index contributed by atoms with van der Waals surface area (Å²) < 4.78 is 5.12. The fourth-order valence-corrected chi connectivity index (χ4v) is 2.34. The average Bonchev–Trinajstić information content (AvgIpc) is 2.61. The Hall–Kier alpha value is -3.02. The summed E-state index contributed by atoms with van der Waals surface area (Å²) >= 11 is 0. The number of ether oxygens (including phenoxy) is 1. The summed E-state index contributed by atoms with van der Waals surface area (Å²) in [4.78, 5) is 23.7. The molecule has 0 unspecified atom stereocenters. The topological polar surface area (TPSA) is 79.5 Å². The second-order valence-electron chi connectivity index (χ2n) is 6.23. The third kappa shape index (κ3) is 6.47. The fourth-order valence-electron chi connectivity index (χ4n) is 2.34. The Kier molecular flexibility index (Phi) is 7.02. The quantitative estimate of drug-likeness (QED) is 0.707. The van der Waals surface area contributed by atoms with Crippen LogP contribution in [-0.4, -0.2) is 25.1 Å². The van der Waals surface area contributed by atoms with Gasteiger partial charge in [-0.25, -0.2) is 4.79 Å². The number of carbonyl (C=O) groups excluding carboxylic acids is 2. The minimum absolute atomic E-state index is 0.0564. The fraction of sp³-hybridized carbons (Fsp3) is 0.300.